The summed E-state index contributed by atoms with van der Waals surface area (Å²) in [6, 6.07) is 0. The third kappa shape index (κ3) is 4.74. The molecule has 0 amide bonds. The van der Waals surface area contributed by atoms with Crippen molar-refractivity contribution in [1.82, 2.24) is 0 Å². The normalized spacial score (nSPS) is 39.7. The molecule has 6 rings (SSSR count). The molecule has 1 saturated heterocycles. The molecule has 9 heteroatoms. The average Bonchev–Trinajstić information content (AvgIpc) is 3.78. The molecule has 0 aromatic carbocycles. The van der Waals surface area contributed by atoms with Gasteiger partial charge in [0.25, 0.3) is 0 Å². The lowest BCUT2D eigenvalue weighted by atomic mass is 9.78. The molecule has 5 saturated carbocycles. The third-order valence-electron chi connectivity index (χ3n) is 11.4. The van der Waals surface area contributed by atoms with E-state index < -0.39 is 60.8 Å². The summed E-state index contributed by atoms with van der Waals surface area (Å²) in [5, 5.41) is 0. The van der Waals surface area contributed by atoms with E-state index in [9.17, 15) is 19.2 Å². The summed E-state index contributed by atoms with van der Waals surface area (Å²) in [4.78, 5) is 51.5. The van der Waals surface area contributed by atoms with Gasteiger partial charge in [-0.3, -0.25) is 14.4 Å². The van der Waals surface area contributed by atoms with E-state index in [1.54, 1.807) is 6.92 Å². The minimum atomic E-state index is -0.753. The molecule has 0 aromatic rings. The van der Waals surface area contributed by atoms with Gasteiger partial charge in [0, 0.05) is 17.3 Å². The van der Waals surface area contributed by atoms with E-state index in [1.807, 2.05) is 6.92 Å². The van der Waals surface area contributed by atoms with E-state index in [-0.39, 0.29) is 29.3 Å². The molecule has 11 atom stereocenters. The van der Waals surface area contributed by atoms with Crippen LogP contribution in [-0.4, -0.2) is 55.1 Å². The van der Waals surface area contributed by atoms with Crippen molar-refractivity contribution in [2.75, 3.05) is 6.61 Å². The van der Waals surface area contributed by atoms with Crippen LogP contribution in [0, 0.1) is 46.8 Å². The van der Waals surface area contributed by atoms with Crippen LogP contribution in [0.2, 0.25) is 0 Å². The van der Waals surface area contributed by atoms with Gasteiger partial charge in [-0.15, -0.1) is 0 Å². The Morgan fingerprint density at radius 1 is 1.05 bits per heavy atom. The molecular weight excluding hydrogens is 516 g/mol. The quantitative estimate of drug-likeness (QED) is 0.207. The molecule has 0 spiro atoms. The minimum Gasteiger partial charge on any atom is -0.458 e. The van der Waals surface area contributed by atoms with Crippen molar-refractivity contribution in [2.24, 2.45) is 46.8 Å². The summed E-state index contributed by atoms with van der Waals surface area (Å²) in [5.74, 6) is -2.96. The molecule has 1 heterocycles. The first-order valence-corrected chi connectivity index (χ1v) is 15.7. The maximum Gasteiger partial charge on any atom is 0.344 e. The first kappa shape index (κ1) is 28.0. The lowest BCUT2D eigenvalue weighted by Crippen LogP contribution is -2.47. The van der Waals surface area contributed by atoms with Crippen molar-refractivity contribution >= 4 is 23.9 Å². The van der Waals surface area contributed by atoms with Crippen molar-refractivity contribution in [3.8, 4) is 0 Å². The van der Waals surface area contributed by atoms with Gasteiger partial charge in [-0.2, -0.15) is 0 Å². The summed E-state index contributed by atoms with van der Waals surface area (Å²) in [6.45, 7) is 5.25. The van der Waals surface area contributed by atoms with Gasteiger partial charge in [0.1, 0.15) is 12.2 Å². The van der Waals surface area contributed by atoms with Crippen LogP contribution in [0.15, 0.2) is 0 Å². The van der Waals surface area contributed by atoms with Crippen molar-refractivity contribution in [3.05, 3.63) is 0 Å². The zero-order valence-corrected chi connectivity index (χ0v) is 24.0. The number of carbonyl (C=O) groups excluding carboxylic acids is 4. The first-order chi connectivity index (χ1) is 19.2. The van der Waals surface area contributed by atoms with Crippen LogP contribution in [0.25, 0.3) is 0 Å². The summed E-state index contributed by atoms with van der Waals surface area (Å²) in [7, 11) is 0. The van der Waals surface area contributed by atoms with Gasteiger partial charge in [0.15, 0.2) is 6.61 Å². The molecule has 9 nitrogen and oxygen atoms in total. The molecular formula is C31H44O9. The van der Waals surface area contributed by atoms with Gasteiger partial charge < -0.3 is 23.7 Å². The van der Waals surface area contributed by atoms with Crippen LogP contribution in [0.3, 0.4) is 0 Å². The number of carbonyl (C=O) groups is 4. The van der Waals surface area contributed by atoms with E-state index in [0.717, 1.165) is 38.5 Å². The molecule has 0 aromatic heterocycles. The second-order valence-electron chi connectivity index (χ2n) is 13.4. The van der Waals surface area contributed by atoms with Crippen molar-refractivity contribution in [3.63, 3.8) is 0 Å². The Labute approximate surface area is 236 Å². The molecule has 6 fully saturated rings. The maximum atomic E-state index is 14.0. The number of hydrogen-bond donors (Lipinski definition) is 0. The van der Waals surface area contributed by atoms with Gasteiger partial charge >= 0.3 is 23.9 Å². The predicted molar refractivity (Wildman–Crippen MR) is 140 cm³/mol. The van der Waals surface area contributed by atoms with Crippen molar-refractivity contribution in [1.29, 1.82) is 0 Å². The zero-order valence-electron chi connectivity index (χ0n) is 24.0. The molecule has 222 valence electrons. The minimum absolute atomic E-state index is 0.119. The molecule has 6 aliphatic rings. The Morgan fingerprint density at radius 2 is 1.82 bits per heavy atom. The van der Waals surface area contributed by atoms with Gasteiger partial charge in [-0.05, 0) is 69.6 Å². The smallest absolute Gasteiger partial charge is 0.344 e. The van der Waals surface area contributed by atoms with Crippen LogP contribution in [0.5, 0.6) is 0 Å². The van der Waals surface area contributed by atoms with Gasteiger partial charge in [0.2, 0.25) is 6.29 Å². The van der Waals surface area contributed by atoms with Crippen LogP contribution in [-0.2, 0) is 42.9 Å². The predicted octanol–water partition coefficient (Wildman–Crippen LogP) is 4.34. The third-order valence-corrected chi connectivity index (χ3v) is 11.4. The number of fused-ring (bicyclic) bond motifs is 3. The van der Waals surface area contributed by atoms with Crippen LogP contribution < -0.4 is 0 Å². The Balaban J connectivity index is 1.16. The molecule has 4 bridgehead atoms. The molecule has 1 aliphatic heterocycles. The van der Waals surface area contributed by atoms with E-state index in [2.05, 4.69) is 6.92 Å². The fraction of sp³-hybridized carbons (Fsp3) is 0.871. The highest BCUT2D eigenvalue weighted by molar-refractivity contribution is 5.86. The highest BCUT2D eigenvalue weighted by Gasteiger charge is 2.70. The number of ether oxygens (including phenoxy) is 5. The van der Waals surface area contributed by atoms with E-state index in [0.29, 0.717) is 24.7 Å². The maximum absolute atomic E-state index is 14.0. The second-order valence-corrected chi connectivity index (χ2v) is 13.4. The second kappa shape index (κ2) is 10.9. The van der Waals surface area contributed by atoms with Gasteiger partial charge in [-0.1, -0.05) is 33.6 Å². The van der Waals surface area contributed by atoms with Crippen molar-refractivity contribution in [2.45, 2.75) is 116 Å². The molecule has 5 aliphatic carbocycles. The van der Waals surface area contributed by atoms with Crippen LogP contribution in [0.1, 0.15) is 91.4 Å². The number of rotatable bonds is 11. The zero-order chi connectivity index (χ0) is 28.2. The molecule has 40 heavy (non-hydrogen) atoms. The number of esters is 4. The fourth-order valence-electron chi connectivity index (χ4n) is 8.92. The Kier molecular flexibility index (Phi) is 7.64. The lowest BCUT2D eigenvalue weighted by molar-refractivity contribution is -0.238. The first-order valence-electron chi connectivity index (χ1n) is 15.7. The summed E-state index contributed by atoms with van der Waals surface area (Å²) < 4.78 is 29.5. The summed E-state index contributed by atoms with van der Waals surface area (Å²) >= 11 is 0. The SMILES string of the molecule is CCC(C)C(=O)OCC(=O)OC1C2CC3C1OC(=O)C3C2C(=O)OC(OC1CC2CCC1C2)C1(CC)CCCC1. The van der Waals surface area contributed by atoms with Gasteiger partial charge in [0.05, 0.1) is 23.9 Å². The topological polar surface area (TPSA) is 114 Å². The summed E-state index contributed by atoms with van der Waals surface area (Å²) in [5.41, 5.74) is -0.209. The Bertz CT molecular complexity index is 1020. The molecule has 0 radical (unpaired) electrons. The summed E-state index contributed by atoms with van der Waals surface area (Å²) in [6.07, 6.45) is 8.96. The van der Waals surface area contributed by atoms with Crippen LogP contribution in [0.4, 0.5) is 0 Å². The fourth-order valence-corrected chi connectivity index (χ4v) is 8.92. The monoisotopic (exact) mass is 560 g/mol. The molecule has 11 unspecified atom stereocenters. The Hall–Kier alpha value is -2.16. The largest absolute Gasteiger partial charge is 0.458 e. The lowest BCUT2D eigenvalue weighted by Gasteiger charge is -2.40. The average molecular weight is 561 g/mol. The van der Waals surface area contributed by atoms with Crippen molar-refractivity contribution < 1.29 is 42.9 Å². The van der Waals surface area contributed by atoms with Crippen LogP contribution >= 0.6 is 0 Å². The highest BCUT2D eigenvalue weighted by atomic mass is 16.7. The van der Waals surface area contributed by atoms with Gasteiger partial charge in [-0.25, -0.2) is 4.79 Å². The van der Waals surface area contributed by atoms with E-state index in [4.69, 9.17) is 23.7 Å². The van der Waals surface area contributed by atoms with E-state index in [1.165, 1.54) is 19.3 Å². The van der Waals surface area contributed by atoms with E-state index >= 15 is 0 Å². The molecule has 0 N–H and O–H groups in total. The standard InChI is InChI=1S/C31H44O9/c1-4-16(3)27(33)36-15-22(32)38-25-19-14-20-23(28(34)39-26(20)25)24(19)29(35)40-30(31(5-2)10-6-7-11-31)37-21-13-17-8-9-18(21)12-17/h16-21,23-26,30H,4-15H2,1-3H3. The number of hydrogen-bond acceptors (Lipinski definition) is 9. The Morgan fingerprint density at radius 3 is 2.48 bits per heavy atom. The highest BCUT2D eigenvalue weighted by Crippen LogP contribution is 2.59.